The summed E-state index contributed by atoms with van der Waals surface area (Å²) in [6.07, 6.45) is 4.95. The molecule has 0 spiro atoms. The van der Waals surface area contributed by atoms with Crippen LogP contribution in [0.1, 0.15) is 44.1 Å². The highest BCUT2D eigenvalue weighted by atomic mass is 16.5. The first-order valence-electron chi connectivity index (χ1n) is 6.70. The predicted molar refractivity (Wildman–Crippen MR) is 67.9 cm³/mol. The van der Waals surface area contributed by atoms with Crippen LogP contribution in [0.25, 0.3) is 0 Å². The highest BCUT2D eigenvalue weighted by Gasteiger charge is 2.35. The van der Waals surface area contributed by atoms with Gasteiger partial charge in [-0.3, -0.25) is 4.79 Å². The second-order valence-electron chi connectivity index (χ2n) is 5.22. The van der Waals surface area contributed by atoms with Crippen LogP contribution in [0, 0.1) is 5.92 Å². The van der Waals surface area contributed by atoms with Gasteiger partial charge in [0.1, 0.15) is 11.5 Å². The molecule has 1 saturated carbocycles. The van der Waals surface area contributed by atoms with Crippen LogP contribution in [0.5, 0.6) is 11.5 Å². The third-order valence-electron chi connectivity index (χ3n) is 4.01. The fourth-order valence-electron chi connectivity index (χ4n) is 3.24. The van der Waals surface area contributed by atoms with Crippen molar-refractivity contribution in [3.05, 3.63) is 23.8 Å². The van der Waals surface area contributed by atoms with E-state index in [1.165, 1.54) is 32.6 Å². The number of hydrogen-bond acceptors (Lipinski definition) is 3. The molecule has 96 valence electrons. The number of carbonyl (C=O) groups is 1. The maximum Gasteiger partial charge on any atom is 0.308 e. The Balaban J connectivity index is 2.01. The molecule has 18 heavy (non-hydrogen) atoms. The smallest absolute Gasteiger partial charge is 0.308 e. The topological polar surface area (TPSA) is 35.5 Å². The summed E-state index contributed by atoms with van der Waals surface area (Å²) >= 11 is 0. The van der Waals surface area contributed by atoms with E-state index in [4.69, 9.17) is 9.47 Å². The average Bonchev–Trinajstić information content (AvgIpc) is 2.38. The molecule has 1 fully saturated rings. The zero-order valence-electron chi connectivity index (χ0n) is 10.6. The van der Waals surface area contributed by atoms with Crippen molar-refractivity contribution in [1.29, 1.82) is 0 Å². The van der Waals surface area contributed by atoms with Gasteiger partial charge in [0, 0.05) is 18.4 Å². The molecular weight excluding hydrogens is 228 g/mol. The van der Waals surface area contributed by atoms with Crippen molar-refractivity contribution >= 4 is 5.97 Å². The monoisotopic (exact) mass is 246 g/mol. The molecule has 1 aliphatic heterocycles. The molecule has 2 unspecified atom stereocenters. The summed E-state index contributed by atoms with van der Waals surface area (Å²) in [6, 6.07) is 5.74. The summed E-state index contributed by atoms with van der Waals surface area (Å²) in [5, 5.41) is 0. The van der Waals surface area contributed by atoms with E-state index < -0.39 is 0 Å². The Morgan fingerprint density at radius 3 is 3.00 bits per heavy atom. The van der Waals surface area contributed by atoms with Gasteiger partial charge in [-0.05, 0) is 30.9 Å². The first kappa shape index (κ1) is 11.6. The lowest BCUT2D eigenvalue weighted by Crippen LogP contribution is -2.29. The summed E-state index contributed by atoms with van der Waals surface area (Å²) in [4.78, 5) is 11.2. The minimum atomic E-state index is -0.263. The first-order valence-corrected chi connectivity index (χ1v) is 6.70. The Hall–Kier alpha value is -1.51. The number of carbonyl (C=O) groups excluding carboxylic acids is 1. The standard InChI is InChI=1S/C15H18O3/c1-10(16)18-14-8-4-7-13-15(14)12-6-3-2-5-11(12)9-17-13/h4,7-8,11-12H,2-3,5-6,9H2,1H3. The second-order valence-corrected chi connectivity index (χ2v) is 5.22. The van der Waals surface area contributed by atoms with Crippen LogP contribution in [0.3, 0.4) is 0 Å². The lowest BCUT2D eigenvalue weighted by Gasteiger charge is -2.37. The van der Waals surface area contributed by atoms with Crippen LogP contribution in [-0.4, -0.2) is 12.6 Å². The minimum absolute atomic E-state index is 0.263. The van der Waals surface area contributed by atoms with Gasteiger partial charge in [0.25, 0.3) is 0 Å². The molecule has 0 amide bonds. The van der Waals surface area contributed by atoms with Gasteiger partial charge in [-0.1, -0.05) is 18.9 Å². The Kier molecular flexibility index (Phi) is 2.98. The highest BCUT2D eigenvalue weighted by molar-refractivity contribution is 5.70. The van der Waals surface area contributed by atoms with E-state index in [1.54, 1.807) is 0 Å². The van der Waals surface area contributed by atoms with Gasteiger partial charge in [-0.25, -0.2) is 0 Å². The summed E-state index contributed by atoms with van der Waals surface area (Å²) < 4.78 is 11.2. The Morgan fingerprint density at radius 1 is 1.33 bits per heavy atom. The zero-order chi connectivity index (χ0) is 12.5. The summed E-state index contributed by atoms with van der Waals surface area (Å²) in [5.74, 6) is 2.41. The largest absolute Gasteiger partial charge is 0.493 e. The molecule has 2 aliphatic rings. The molecule has 2 atom stereocenters. The molecule has 0 radical (unpaired) electrons. The van der Waals surface area contributed by atoms with Crippen molar-refractivity contribution < 1.29 is 14.3 Å². The average molecular weight is 246 g/mol. The third kappa shape index (κ3) is 1.98. The SMILES string of the molecule is CC(=O)Oc1cccc2c1C1CCCCC1CO2. The molecule has 3 nitrogen and oxygen atoms in total. The number of esters is 1. The molecule has 0 aromatic heterocycles. The van der Waals surface area contributed by atoms with Gasteiger partial charge in [0.15, 0.2) is 0 Å². The van der Waals surface area contributed by atoms with Crippen LogP contribution in [0.15, 0.2) is 18.2 Å². The van der Waals surface area contributed by atoms with Crippen molar-refractivity contribution in [2.45, 2.75) is 38.5 Å². The fraction of sp³-hybridized carbons (Fsp3) is 0.533. The normalized spacial score (nSPS) is 25.6. The minimum Gasteiger partial charge on any atom is -0.493 e. The van der Waals surface area contributed by atoms with Gasteiger partial charge in [-0.15, -0.1) is 0 Å². The molecule has 0 saturated heterocycles. The van der Waals surface area contributed by atoms with Gasteiger partial charge in [0.2, 0.25) is 0 Å². The lowest BCUT2D eigenvalue weighted by molar-refractivity contribution is -0.132. The Morgan fingerprint density at radius 2 is 2.17 bits per heavy atom. The predicted octanol–water partition coefficient (Wildman–Crippen LogP) is 3.28. The quantitative estimate of drug-likeness (QED) is 0.563. The number of hydrogen-bond donors (Lipinski definition) is 0. The van der Waals surface area contributed by atoms with Crippen molar-refractivity contribution in [1.82, 2.24) is 0 Å². The molecule has 1 aromatic rings. The maximum atomic E-state index is 11.2. The van der Waals surface area contributed by atoms with Gasteiger partial charge < -0.3 is 9.47 Å². The van der Waals surface area contributed by atoms with Crippen LogP contribution in [0.2, 0.25) is 0 Å². The number of benzene rings is 1. The van der Waals surface area contributed by atoms with E-state index >= 15 is 0 Å². The fourth-order valence-corrected chi connectivity index (χ4v) is 3.24. The number of fused-ring (bicyclic) bond motifs is 3. The van der Waals surface area contributed by atoms with E-state index in [0.717, 1.165) is 17.9 Å². The van der Waals surface area contributed by atoms with E-state index in [2.05, 4.69) is 0 Å². The maximum absolute atomic E-state index is 11.2. The molecule has 1 heterocycles. The molecule has 3 rings (SSSR count). The van der Waals surface area contributed by atoms with E-state index in [9.17, 15) is 4.79 Å². The third-order valence-corrected chi connectivity index (χ3v) is 4.01. The van der Waals surface area contributed by atoms with Gasteiger partial charge in [-0.2, -0.15) is 0 Å². The lowest BCUT2D eigenvalue weighted by atomic mass is 9.74. The molecule has 1 aliphatic carbocycles. The molecule has 0 N–H and O–H groups in total. The number of ether oxygens (including phenoxy) is 2. The van der Waals surface area contributed by atoms with Crippen LogP contribution in [0.4, 0.5) is 0 Å². The van der Waals surface area contributed by atoms with Crippen molar-refractivity contribution in [3.63, 3.8) is 0 Å². The highest BCUT2D eigenvalue weighted by Crippen LogP contribution is 2.48. The Labute approximate surface area is 107 Å². The van der Waals surface area contributed by atoms with E-state index in [-0.39, 0.29) is 5.97 Å². The van der Waals surface area contributed by atoms with Crippen LogP contribution < -0.4 is 9.47 Å². The second kappa shape index (κ2) is 4.63. The van der Waals surface area contributed by atoms with Crippen molar-refractivity contribution in [2.75, 3.05) is 6.61 Å². The summed E-state index contributed by atoms with van der Waals surface area (Å²) in [5.41, 5.74) is 1.11. The van der Waals surface area contributed by atoms with Gasteiger partial charge >= 0.3 is 5.97 Å². The Bertz CT molecular complexity index is 467. The first-order chi connectivity index (χ1) is 8.75. The summed E-state index contributed by atoms with van der Waals surface area (Å²) in [6.45, 7) is 2.25. The summed E-state index contributed by atoms with van der Waals surface area (Å²) in [7, 11) is 0. The zero-order valence-corrected chi connectivity index (χ0v) is 10.6. The van der Waals surface area contributed by atoms with Gasteiger partial charge in [0.05, 0.1) is 6.61 Å². The van der Waals surface area contributed by atoms with Crippen molar-refractivity contribution in [3.8, 4) is 11.5 Å². The van der Waals surface area contributed by atoms with Crippen LogP contribution in [-0.2, 0) is 4.79 Å². The van der Waals surface area contributed by atoms with E-state index in [1.807, 2.05) is 18.2 Å². The van der Waals surface area contributed by atoms with Crippen molar-refractivity contribution in [2.24, 2.45) is 5.92 Å². The molecule has 3 heteroatoms. The molecular formula is C15H18O3. The van der Waals surface area contributed by atoms with Crippen LogP contribution >= 0.6 is 0 Å². The molecule has 1 aromatic carbocycles. The van der Waals surface area contributed by atoms with E-state index in [0.29, 0.717) is 17.6 Å². The number of rotatable bonds is 1. The molecule has 0 bridgehead atoms.